The lowest BCUT2D eigenvalue weighted by atomic mass is 10.3. The number of carbonyl (C=O) groups excluding carboxylic acids is 2. The Bertz CT molecular complexity index is 278. The molecule has 0 aromatic rings. The maximum absolute atomic E-state index is 11.7. The van der Waals surface area contributed by atoms with E-state index in [1.165, 1.54) is 11.8 Å². The van der Waals surface area contributed by atoms with Crippen LogP contribution in [0, 0.1) is 0 Å². The fourth-order valence-corrected chi connectivity index (χ4v) is 1.63. The summed E-state index contributed by atoms with van der Waals surface area (Å²) in [5, 5.41) is 0.226. The van der Waals surface area contributed by atoms with E-state index in [0.717, 1.165) is 0 Å². The average molecular weight is 262 g/mol. The molecule has 0 aliphatic heterocycles. The van der Waals surface area contributed by atoms with Crippen LogP contribution in [0.15, 0.2) is 10.7 Å². The van der Waals surface area contributed by atoms with Crippen molar-refractivity contribution in [2.75, 3.05) is 26.1 Å². The first kappa shape index (κ1) is 15.8. The van der Waals surface area contributed by atoms with Crippen LogP contribution in [0.25, 0.3) is 0 Å². The zero-order valence-corrected chi connectivity index (χ0v) is 11.4. The highest BCUT2D eigenvalue weighted by atomic mass is 32.2. The fraction of sp³-hybridized carbons (Fsp3) is 0.636. The number of thioether (sulfide) groups is 1. The van der Waals surface area contributed by atoms with Crippen LogP contribution in [-0.4, -0.2) is 38.0 Å². The lowest BCUT2D eigenvalue weighted by molar-refractivity contribution is -0.146. The van der Waals surface area contributed by atoms with E-state index in [-0.39, 0.29) is 23.9 Å². The van der Waals surface area contributed by atoms with Gasteiger partial charge in [-0.3, -0.25) is 0 Å². The molecule has 0 N–H and O–H groups in total. The van der Waals surface area contributed by atoms with Gasteiger partial charge in [0.2, 0.25) is 0 Å². The summed E-state index contributed by atoms with van der Waals surface area (Å²) in [6, 6.07) is 0. The quantitative estimate of drug-likeness (QED) is 0.229. The van der Waals surface area contributed by atoms with Gasteiger partial charge in [0.05, 0.1) is 19.8 Å². The lowest BCUT2D eigenvalue weighted by Crippen LogP contribution is -2.20. The van der Waals surface area contributed by atoms with Crippen molar-refractivity contribution in [1.29, 1.82) is 0 Å². The van der Waals surface area contributed by atoms with Crippen molar-refractivity contribution in [3.05, 3.63) is 10.7 Å². The van der Waals surface area contributed by atoms with Crippen molar-refractivity contribution in [3.63, 3.8) is 0 Å². The normalized spacial score (nSPS) is 9.41. The van der Waals surface area contributed by atoms with E-state index < -0.39 is 11.9 Å². The summed E-state index contributed by atoms with van der Waals surface area (Å²) in [5.74, 6) is -1.44. The second-order valence-corrected chi connectivity index (χ2v) is 3.52. The summed E-state index contributed by atoms with van der Waals surface area (Å²) in [5.41, 5.74) is -0.178. The highest BCUT2D eigenvalue weighted by molar-refractivity contribution is 8.02. The number of rotatable bonds is 7. The van der Waals surface area contributed by atoms with E-state index in [1.807, 2.05) is 0 Å². The maximum atomic E-state index is 11.7. The minimum absolute atomic E-state index is 0.178. The van der Waals surface area contributed by atoms with Crippen molar-refractivity contribution < 1.29 is 23.8 Å². The number of esters is 2. The summed E-state index contributed by atoms with van der Waals surface area (Å²) in [4.78, 5) is 23.3. The predicted octanol–water partition coefficient (Wildman–Crippen LogP) is 1.72. The standard InChI is InChI=1S/C11H18O5S/c1-5-14-9(12)8(10(13)15-6-2)11(17-4)16-7-3/h5-7H2,1-4H3. The van der Waals surface area contributed by atoms with Crippen molar-refractivity contribution in [2.45, 2.75) is 20.8 Å². The molecule has 98 valence electrons. The van der Waals surface area contributed by atoms with Gasteiger partial charge < -0.3 is 14.2 Å². The Kier molecular flexibility index (Phi) is 8.31. The van der Waals surface area contributed by atoms with Crippen LogP contribution in [0.1, 0.15) is 20.8 Å². The van der Waals surface area contributed by atoms with Gasteiger partial charge in [0.25, 0.3) is 0 Å². The molecule has 0 rings (SSSR count). The first-order valence-electron chi connectivity index (χ1n) is 5.37. The van der Waals surface area contributed by atoms with Crippen molar-refractivity contribution in [1.82, 2.24) is 0 Å². The van der Waals surface area contributed by atoms with E-state index in [9.17, 15) is 9.59 Å². The molecule has 0 aliphatic carbocycles. The van der Waals surface area contributed by atoms with E-state index in [4.69, 9.17) is 14.2 Å². The Morgan fingerprint density at radius 1 is 0.882 bits per heavy atom. The van der Waals surface area contributed by atoms with Gasteiger partial charge >= 0.3 is 11.9 Å². The summed E-state index contributed by atoms with van der Waals surface area (Å²) >= 11 is 1.17. The molecule has 0 aromatic heterocycles. The van der Waals surface area contributed by atoms with E-state index >= 15 is 0 Å². The summed E-state index contributed by atoms with van der Waals surface area (Å²) in [7, 11) is 0. The van der Waals surface area contributed by atoms with Gasteiger partial charge in [0, 0.05) is 0 Å². The average Bonchev–Trinajstić information content (AvgIpc) is 2.29. The van der Waals surface area contributed by atoms with Crippen LogP contribution in [0.5, 0.6) is 0 Å². The topological polar surface area (TPSA) is 61.8 Å². The number of hydrogen-bond donors (Lipinski definition) is 0. The summed E-state index contributed by atoms with van der Waals surface area (Å²) in [6.07, 6.45) is 1.71. The monoisotopic (exact) mass is 262 g/mol. The van der Waals surface area contributed by atoms with Gasteiger partial charge in [-0.2, -0.15) is 0 Å². The molecule has 0 aromatic carbocycles. The minimum atomic E-state index is -0.719. The van der Waals surface area contributed by atoms with Gasteiger partial charge in [-0.25, -0.2) is 9.59 Å². The molecule has 0 fully saturated rings. The van der Waals surface area contributed by atoms with Crippen molar-refractivity contribution in [2.24, 2.45) is 0 Å². The molecular weight excluding hydrogens is 244 g/mol. The van der Waals surface area contributed by atoms with Crippen LogP contribution in [0.2, 0.25) is 0 Å². The molecule has 0 bridgehead atoms. The molecule has 0 saturated carbocycles. The second kappa shape index (κ2) is 8.92. The Morgan fingerprint density at radius 2 is 1.29 bits per heavy atom. The Hall–Kier alpha value is -1.17. The van der Waals surface area contributed by atoms with Crippen molar-refractivity contribution in [3.8, 4) is 0 Å². The van der Waals surface area contributed by atoms with E-state index in [2.05, 4.69) is 0 Å². The van der Waals surface area contributed by atoms with Crippen LogP contribution in [0.3, 0.4) is 0 Å². The number of carbonyl (C=O) groups is 2. The van der Waals surface area contributed by atoms with E-state index in [1.54, 1.807) is 27.0 Å². The first-order chi connectivity index (χ1) is 8.12. The SMILES string of the molecule is CCOC(=O)C(C(=O)OCC)=C(OCC)SC. The molecule has 0 atom stereocenters. The third kappa shape index (κ3) is 5.12. The van der Waals surface area contributed by atoms with Gasteiger partial charge in [-0.05, 0) is 27.0 Å². The molecule has 17 heavy (non-hydrogen) atoms. The predicted molar refractivity (Wildman–Crippen MR) is 65.4 cm³/mol. The summed E-state index contributed by atoms with van der Waals surface area (Å²) < 4.78 is 14.8. The molecule has 0 aliphatic rings. The molecule has 0 saturated heterocycles. The van der Waals surface area contributed by atoms with Crippen LogP contribution >= 0.6 is 11.8 Å². The Labute approximate surface area is 105 Å². The minimum Gasteiger partial charge on any atom is -0.486 e. The molecular formula is C11H18O5S. The van der Waals surface area contributed by atoms with Crippen LogP contribution in [0.4, 0.5) is 0 Å². The molecule has 0 radical (unpaired) electrons. The molecule has 0 spiro atoms. The van der Waals surface area contributed by atoms with Crippen molar-refractivity contribution >= 4 is 23.7 Å². The van der Waals surface area contributed by atoms with Gasteiger partial charge in [0.1, 0.15) is 0 Å². The number of ether oxygens (including phenoxy) is 3. The number of hydrogen-bond acceptors (Lipinski definition) is 6. The zero-order chi connectivity index (χ0) is 13.3. The third-order valence-corrected chi connectivity index (χ3v) is 2.32. The molecule has 5 nitrogen and oxygen atoms in total. The molecule has 0 amide bonds. The highest BCUT2D eigenvalue weighted by Gasteiger charge is 2.27. The largest absolute Gasteiger partial charge is 0.486 e. The van der Waals surface area contributed by atoms with Gasteiger partial charge in [0.15, 0.2) is 10.7 Å². The zero-order valence-electron chi connectivity index (χ0n) is 10.6. The highest BCUT2D eigenvalue weighted by Crippen LogP contribution is 2.20. The smallest absolute Gasteiger partial charge is 0.350 e. The summed E-state index contributed by atoms with van der Waals surface area (Å²) in [6.45, 7) is 5.84. The van der Waals surface area contributed by atoms with E-state index in [0.29, 0.717) is 6.61 Å². The third-order valence-electron chi connectivity index (χ3n) is 1.62. The second-order valence-electron chi connectivity index (χ2n) is 2.74. The Morgan fingerprint density at radius 3 is 1.59 bits per heavy atom. The fourth-order valence-electron chi connectivity index (χ4n) is 1.02. The molecule has 0 heterocycles. The molecule has 6 heteroatoms. The Balaban J connectivity index is 5.18. The van der Waals surface area contributed by atoms with Crippen LogP contribution < -0.4 is 0 Å². The van der Waals surface area contributed by atoms with Gasteiger partial charge in [-0.1, -0.05) is 11.8 Å². The maximum Gasteiger partial charge on any atom is 0.350 e. The first-order valence-corrected chi connectivity index (χ1v) is 6.60. The lowest BCUT2D eigenvalue weighted by Gasteiger charge is -2.11. The van der Waals surface area contributed by atoms with Crippen LogP contribution in [-0.2, 0) is 23.8 Å². The van der Waals surface area contributed by atoms with Gasteiger partial charge in [-0.15, -0.1) is 0 Å². The molecule has 0 unspecified atom stereocenters.